The first-order valence-electron chi connectivity index (χ1n) is 7.90. The van der Waals surface area contributed by atoms with Crippen LogP contribution in [0, 0.1) is 5.92 Å². The van der Waals surface area contributed by atoms with Crippen molar-refractivity contribution in [3.8, 4) is 17.0 Å². The summed E-state index contributed by atoms with van der Waals surface area (Å²) in [5.74, 6) is 0.272. The van der Waals surface area contributed by atoms with Crippen LogP contribution in [0.3, 0.4) is 0 Å². The first kappa shape index (κ1) is 16.5. The van der Waals surface area contributed by atoms with Gasteiger partial charge < -0.3 is 20.3 Å². The van der Waals surface area contributed by atoms with Gasteiger partial charge in [-0.15, -0.1) is 0 Å². The molecule has 7 heteroatoms. The number of carbonyl (C=O) groups excluding carboxylic acids is 1. The summed E-state index contributed by atoms with van der Waals surface area (Å²) >= 11 is 0. The summed E-state index contributed by atoms with van der Waals surface area (Å²) in [6.45, 7) is -0.0718. The Labute approximate surface area is 139 Å². The number of rotatable bonds is 5. The fourth-order valence-electron chi connectivity index (χ4n) is 3.05. The Morgan fingerprint density at radius 3 is 2.96 bits per heavy atom. The van der Waals surface area contributed by atoms with Crippen LogP contribution < -0.4 is 10.1 Å². The Morgan fingerprint density at radius 1 is 1.42 bits per heavy atom. The van der Waals surface area contributed by atoms with Crippen molar-refractivity contribution in [3.05, 3.63) is 36.0 Å². The van der Waals surface area contributed by atoms with E-state index in [1.165, 1.54) is 0 Å². The van der Waals surface area contributed by atoms with E-state index < -0.39 is 6.10 Å². The second kappa shape index (κ2) is 7.02. The Hall–Kier alpha value is -2.38. The summed E-state index contributed by atoms with van der Waals surface area (Å²) in [4.78, 5) is 12.3. The molecule has 7 nitrogen and oxygen atoms in total. The van der Waals surface area contributed by atoms with Crippen molar-refractivity contribution < 1.29 is 19.7 Å². The summed E-state index contributed by atoms with van der Waals surface area (Å²) in [7, 11) is 1.60. The minimum atomic E-state index is -0.575. The van der Waals surface area contributed by atoms with Crippen LogP contribution in [0.15, 0.2) is 30.3 Å². The molecule has 1 aromatic heterocycles. The van der Waals surface area contributed by atoms with E-state index in [0.717, 1.165) is 11.3 Å². The van der Waals surface area contributed by atoms with Gasteiger partial charge >= 0.3 is 0 Å². The topological polar surface area (TPSA) is 107 Å². The van der Waals surface area contributed by atoms with Gasteiger partial charge in [0, 0.05) is 24.1 Å². The molecule has 1 aliphatic rings. The SMILES string of the molecule is COc1cccc(-c2cc(C(=O)NC3CC(O)C(CO)C3)[nH]n2)c1. The smallest absolute Gasteiger partial charge is 0.269 e. The van der Waals surface area contributed by atoms with Crippen molar-refractivity contribution in [2.75, 3.05) is 13.7 Å². The predicted molar refractivity (Wildman–Crippen MR) is 87.6 cm³/mol. The Morgan fingerprint density at radius 2 is 2.25 bits per heavy atom. The fraction of sp³-hybridized carbons (Fsp3) is 0.412. The molecule has 0 radical (unpaired) electrons. The molecule has 4 N–H and O–H groups in total. The molecule has 1 saturated carbocycles. The number of ether oxygens (including phenoxy) is 1. The third-order valence-corrected chi connectivity index (χ3v) is 4.42. The molecule has 1 amide bonds. The van der Waals surface area contributed by atoms with Gasteiger partial charge in [-0.1, -0.05) is 12.1 Å². The number of H-pyrrole nitrogens is 1. The van der Waals surface area contributed by atoms with E-state index in [2.05, 4.69) is 15.5 Å². The zero-order valence-corrected chi connectivity index (χ0v) is 13.4. The van der Waals surface area contributed by atoms with Crippen molar-refractivity contribution in [1.82, 2.24) is 15.5 Å². The van der Waals surface area contributed by atoms with Gasteiger partial charge in [0.25, 0.3) is 5.91 Å². The maximum atomic E-state index is 12.3. The van der Waals surface area contributed by atoms with Crippen LogP contribution >= 0.6 is 0 Å². The molecular weight excluding hydrogens is 310 g/mol. The van der Waals surface area contributed by atoms with Crippen molar-refractivity contribution >= 4 is 5.91 Å². The van der Waals surface area contributed by atoms with E-state index in [9.17, 15) is 15.0 Å². The summed E-state index contributed by atoms with van der Waals surface area (Å²) < 4.78 is 5.19. The Kier molecular flexibility index (Phi) is 4.82. The minimum absolute atomic E-state index is 0.0718. The number of hydrogen-bond donors (Lipinski definition) is 4. The molecule has 128 valence electrons. The standard InChI is InChI=1S/C17H21N3O4/c1-24-13-4-2-3-10(6-13)14-8-15(20-19-14)17(23)18-12-5-11(9-21)16(22)7-12/h2-4,6,8,11-12,16,21-22H,5,7,9H2,1H3,(H,18,23)(H,19,20). The molecule has 3 atom stereocenters. The number of aromatic nitrogens is 2. The molecule has 1 aromatic carbocycles. The summed E-state index contributed by atoms with van der Waals surface area (Å²) in [6, 6.07) is 8.97. The van der Waals surface area contributed by atoms with Crippen molar-refractivity contribution in [2.24, 2.45) is 5.92 Å². The lowest BCUT2D eigenvalue weighted by atomic mass is 10.1. The third kappa shape index (κ3) is 3.42. The molecule has 3 unspecified atom stereocenters. The highest BCUT2D eigenvalue weighted by Gasteiger charge is 2.33. The van der Waals surface area contributed by atoms with Crippen LogP contribution in [0.4, 0.5) is 0 Å². The average molecular weight is 331 g/mol. The van der Waals surface area contributed by atoms with E-state index >= 15 is 0 Å². The lowest BCUT2D eigenvalue weighted by Crippen LogP contribution is -2.33. The molecule has 0 saturated heterocycles. The molecule has 0 bridgehead atoms. The highest BCUT2D eigenvalue weighted by molar-refractivity contribution is 5.93. The number of carbonyl (C=O) groups is 1. The van der Waals surface area contributed by atoms with E-state index in [1.807, 2.05) is 24.3 Å². The number of aromatic amines is 1. The van der Waals surface area contributed by atoms with Crippen LogP contribution in [0.2, 0.25) is 0 Å². The van der Waals surface area contributed by atoms with Gasteiger partial charge in [-0.2, -0.15) is 5.10 Å². The maximum absolute atomic E-state index is 12.3. The van der Waals surface area contributed by atoms with E-state index in [4.69, 9.17) is 4.74 Å². The summed E-state index contributed by atoms with van der Waals surface area (Å²) in [6.07, 6.45) is 0.447. The maximum Gasteiger partial charge on any atom is 0.269 e. The zero-order valence-electron chi connectivity index (χ0n) is 13.4. The highest BCUT2D eigenvalue weighted by Crippen LogP contribution is 2.26. The fourth-order valence-corrected chi connectivity index (χ4v) is 3.05. The van der Waals surface area contributed by atoms with Gasteiger partial charge in [0.1, 0.15) is 11.4 Å². The summed E-state index contributed by atoms with van der Waals surface area (Å²) in [5.41, 5.74) is 1.86. The molecule has 24 heavy (non-hydrogen) atoms. The van der Waals surface area contributed by atoms with Gasteiger partial charge in [0.2, 0.25) is 0 Å². The van der Waals surface area contributed by atoms with Crippen LogP contribution in [-0.2, 0) is 0 Å². The van der Waals surface area contributed by atoms with Crippen LogP contribution in [-0.4, -0.2) is 52.2 Å². The van der Waals surface area contributed by atoms with Crippen LogP contribution in [0.1, 0.15) is 23.3 Å². The molecular formula is C17H21N3O4. The largest absolute Gasteiger partial charge is 0.497 e. The molecule has 1 fully saturated rings. The quantitative estimate of drug-likeness (QED) is 0.652. The first-order valence-corrected chi connectivity index (χ1v) is 7.90. The normalized spacial score (nSPS) is 23.2. The van der Waals surface area contributed by atoms with E-state index in [-0.39, 0.29) is 24.5 Å². The number of aliphatic hydroxyl groups is 2. The monoisotopic (exact) mass is 331 g/mol. The van der Waals surface area contributed by atoms with Gasteiger partial charge in [-0.3, -0.25) is 9.89 Å². The molecule has 0 aliphatic heterocycles. The number of hydrogen-bond acceptors (Lipinski definition) is 5. The van der Waals surface area contributed by atoms with Gasteiger partial charge in [0.15, 0.2) is 0 Å². The van der Waals surface area contributed by atoms with Crippen molar-refractivity contribution in [1.29, 1.82) is 0 Å². The molecule has 1 aliphatic carbocycles. The van der Waals surface area contributed by atoms with Gasteiger partial charge in [0.05, 0.1) is 18.9 Å². The molecule has 0 spiro atoms. The number of aliphatic hydroxyl groups excluding tert-OH is 2. The van der Waals surface area contributed by atoms with Crippen LogP contribution in [0.5, 0.6) is 5.75 Å². The zero-order chi connectivity index (χ0) is 17.1. The predicted octanol–water partition coefficient (Wildman–Crippen LogP) is 0.947. The van der Waals surface area contributed by atoms with Crippen molar-refractivity contribution in [3.63, 3.8) is 0 Å². The van der Waals surface area contributed by atoms with Crippen molar-refractivity contribution in [2.45, 2.75) is 25.0 Å². The second-order valence-corrected chi connectivity index (χ2v) is 6.05. The number of benzene rings is 1. The number of amides is 1. The van der Waals surface area contributed by atoms with E-state index in [1.54, 1.807) is 13.2 Å². The minimum Gasteiger partial charge on any atom is -0.497 e. The average Bonchev–Trinajstić information content (AvgIpc) is 3.21. The molecule has 3 rings (SSSR count). The molecule has 2 aromatic rings. The number of nitrogens with one attached hydrogen (secondary N) is 2. The number of nitrogens with zero attached hydrogens (tertiary/aromatic N) is 1. The first-order chi connectivity index (χ1) is 11.6. The third-order valence-electron chi connectivity index (χ3n) is 4.42. The van der Waals surface area contributed by atoms with E-state index in [0.29, 0.717) is 24.2 Å². The second-order valence-electron chi connectivity index (χ2n) is 6.05. The lowest BCUT2D eigenvalue weighted by Gasteiger charge is -2.11. The molecule has 1 heterocycles. The van der Waals surface area contributed by atoms with Crippen LogP contribution in [0.25, 0.3) is 11.3 Å². The van der Waals surface area contributed by atoms with Gasteiger partial charge in [-0.05, 0) is 31.0 Å². The lowest BCUT2D eigenvalue weighted by molar-refractivity contribution is 0.0902. The highest BCUT2D eigenvalue weighted by atomic mass is 16.5. The Balaban J connectivity index is 1.68. The van der Waals surface area contributed by atoms with Gasteiger partial charge in [-0.25, -0.2) is 0 Å². The Bertz CT molecular complexity index is 715. The summed E-state index contributed by atoms with van der Waals surface area (Å²) in [5, 5.41) is 28.8. The number of methoxy groups -OCH3 is 1.